The molecule has 0 radical (unpaired) electrons. The minimum atomic E-state index is -0.826. The van der Waals surface area contributed by atoms with Gasteiger partial charge in [-0.05, 0) is 12.5 Å². The molecule has 0 saturated heterocycles. The molecule has 0 unspecified atom stereocenters. The third kappa shape index (κ3) is 9.24. The van der Waals surface area contributed by atoms with Crippen molar-refractivity contribution in [3.8, 4) is 0 Å². The number of carboxylic acids is 1. The Labute approximate surface area is 72.0 Å². The first kappa shape index (κ1) is 12.9. The molecule has 3 nitrogen and oxygen atoms in total. The molecule has 0 bridgehead atoms. The molecular formula is C7H12ClNO2. The van der Waals surface area contributed by atoms with Crippen LogP contribution < -0.4 is 5.73 Å². The van der Waals surface area contributed by atoms with Crippen LogP contribution in [0.1, 0.15) is 12.8 Å². The molecule has 64 valence electrons. The number of aliphatic carboxylic acids is 1. The number of hydrogen-bond acceptors (Lipinski definition) is 2. The lowest BCUT2D eigenvalue weighted by atomic mass is 10.2. The maximum Gasteiger partial charge on any atom is 0.303 e. The van der Waals surface area contributed by atoms with Crippen molar-refractivity contribution in [3.05, 3.63) is 18.4 Å². The van der Waals surface area contributed by atoms with Crippen LogP contribution in [-0.4, -0.2) is 17.1 Å². The zero-order valence-corrected chi connectivity index (χ0v) is 6.93. The van der Waals surface area contributed by atoms with Crippen LogP contribution in [-0.2, 0) is 4.79 Å². The summed E-state index contributed by atoms with van der Waals surface area (Å²) in [6.45, 7) is 3.32. The first-order chi connectivity index (χ1) is 4.66. The summed E-state index contributed by atoms with van der Waals surface area (Å²) in [7, 11) is 0. The minimum absolute atomic E-state index is 0. The second-order valence-electron chi connectivity index (χ2n) is 1.97. The smallest absolute Gasteiger partial charge is 0.303 e. The Balaban J connectivity index is 0. The summed E-state index contributed by atoms with van der Waals surface area (Å²) in [5, 5.41) is 8.23. The second-order valence-corrected chi connectivity index (χ2v) is 1.97. The van der Waals surface area contributed by atoms with Gasteiger partial charge in [0, 0.05) is 12.5 Å². The Hall–Kier alpha value is -0.760. The Morgan fingerprint density at radius 2 is 2.36 bits per heavy atom. The predicted molar refractivity (Wildman–Crippen MR) is 45.8 cm³/mol. The number of carboxylic acid groups (broad SMARTS) is 1. The summed E-state index contributed by atoms with van der Waals surface area (Å²) in [6, 6.07) is -0.228. The van der Waals surface area contributed by atoms with Gasteiger partial charge in [0.15, 0.2) is 0 Å². The van der Waals surface area contributed by atoms with Gasteiger partial charge in [0.25, 0.3) is 0 Å². The van der Waals surface area contributed by atoms with Gasteiger partial charge in [-0.25, -0.2) is 0 Å². The van der Waals surface area contributed by atoms with E-state index in [2.05, 4.69) is 12.3 Å². The monoisotopic (exact) mass is 177 g/mol. The highest BCUT2D eigenvalue weighted by Crippen LogP contribution is 1.94. The van der Waals surface area contributed by atoms with E-state index in [-0.39, 0.29) is 24.9 Å². The number of nitrogens with two attached hydrogens (primary N) is 1. The van der Waals surface area contributed by atoms with Crippen LogP contribution in [0, 0.1) is 0 Å². The van der Waals surface area contributed by atoms with Crippen molar-refractivity contribution >= 4 is 18.4 Å². The Kier molecular flexibility index (Phi) is 8.60. The van der Waals surface area contributed by atoms with Crippen LogP contribution in [0.15, 0.2) is 18.4 Å². The van der Waals surface area contributed by atoms with Crippen LogP contribution in [0.3, 0.4) is 0 Å². The van der Waals surface area contributed by atoms with Crippen LogP contribution in [0.5, 0.6) is 0 Å². The zero-order chi connectivity index (χ0) is 7.98. The van der Waals surface area contributed by atoms with E-state index in [0.717, 1.165) is 0 Å². The maximum absolute atomic E-state index is 10.0. The molecular weight excluding hydrogens is 166 g/mol. The minimum Gasteiger partial charge on any atom is -0.481 e. The van der Waals surface area contributed by atoms with Gasteiger partial charge >= 0.3 is 5.97 Å². The lowest BCUT2D eigenvalue weighted by molar-refractivity contribution is -0.137. The SMILES string of the molecule is C=C=C[C@@H](N)CCC(=O)O.Cl. The average molecular weight is 178 g/mol. The van der Waals surface area contributed by atoms with Crippen LogP contribution >= 0.6 is 12.4 Å². The predicted octanol–water partition coefficient (Wildman–Crippen LogP) is 0.941. The Bertz CT molecular complexity index is 164. The van der Waals surface area contributed by atoms with Gasteiger partial charge in [0.1, 0.15) is 0 Å². The quantitative estimate of drug-likeness (QED) is 0.629. The van der Waals surface area contributed by atoms with Gasteiger partial charge in [0.05, 0.1) is 0 Å². The maximum atomic E-state index is 10.0. The molecule has 0 aromatic heterocycles. The fraction of sp³-hybridized carbons (Fsp3) is 0.429. The van der Waals surface area contributed by atoms with Crippen molar-refractivity contribution in [3.63, 3.8) is 0 Å². The van der Waals surface area contributed by atoms with Crippen LogP contribution in [0.25, 0.3) is 0 Å². The second kappa shape index (κ2) is 7.35. The average Bonchev–Trinajstić information content (AvgIpc) is 1.85. The van der Waals surface area contributed by atoms with Gasteiger partial charge in [-0.1, -0.05) is 6.58 Å². The largest absolute Gasteiger partial charge is 0.481 e. The Morgan fingerprint density at radius 3 is 2.73 bits per heavy atom. The molecule has 0 amide bonds. The lowest BCUT2D eigenvalue weighted by Crippen LogP contribution is -2.17. The standard InChI is InChI=1S/C7H11NO2.ClH/c1-2-3-6(8)4-5-7(9)10;/h3,6H,1,4-5,8H2,(H,9,10);1H/t6-;/m1./s1. The summed E-state index contributed by atoms with van der Waals surface area (Å²) in [5.74, 6) is -0.826. The normalized spacial score (nSPS) is 10.6. The molecule has 0 rings (SSSR count). The lowest BCUT2D eigenvalue weighted by Gasteiger charge is -2.00. The highest BCUT2D eigenvalue weighted by atomic mass is 35.5. The number of rotatable bonds is 4. The van der Waals surface area contributed by atoms with Gasteiger partial charge in [-0.15, -0.1) is 18.1 Å². The highest BCUT2D eigenvalue weighted by molar-refractivity contribution is 5.85. The topological polar surface area (TPSA) is 63.3 Å². The number of halogens is 1. The van der Waals surface area contributed by atoms with Gasteiger partial charge in [-0.2, -0.15) is 0 Å². The molecule has 0 saturated carbocycles. The molecule has 0 fully saturated rings. The molecule has 0 aromatic rings. The molecule has 4 heteroatoms. The highest BCUT2D eigenvalue weighted by Gasteiger charge is 2.00. The van der Waals surface area contributed by atoms with Crippen LogP contribution in [0.2, 0.25) is 0 Å². The van der Waals surface area contributed by atoms with E-state index >= 15 is 0 Å². The molecule has 3 N–H and O–H groups in total. The van der Waals surface area contributed by atoms with E-state index < -0.39 is 5.97 Å². The van der Waals surface area contributed by atoms with E-state index in [4.69, 9.17) is 10.8 Å². The Morgan fingerprint density at radius 1 is 1.82 bits per heavy atom. The molecule has 0 heterocycles. The summed E-state index contributed by atoms with van der Waals surface area (Å²) < 4.78 is 0. The summed E-state index contributed by atoms with van der Waals surface area (Å²) in [5.41, 5.74) is 7.91. The van der Waals surface area contributed by atoms with Crippen molar-refractivity contribution in [2.45, 2.75) is 18.9 Å². The van der Waals surface area contributed by atoms with E-state index in [9.17, 15) is 4.79 Å². The summed E-state index contributed by atoms with van der Waals surface area (Å²) >= 11 is 0. The number of hydrogen-bond donors (Lipinski definition) is 2. The third-order valence-corrected chi connectivity index (χ3v) is 1.02. The first-order valence-corrected chi connectivity index (χ1v) is 3.00. The van der Waals surface area contributed by atoms with Crippen molar-refractivity contribution in [2.24, 2.45) is 5.73 Å². The van der Waals surface area contributed by atoms with Crippen molar-refractivity contribution < 1.29 is 9.90 Å². The molecule has 0 spiro atoms. The summed E-state index contributed by atoms with van der Waals surface area (Å²) in [6.07, 6.45) is 2.10. The van der Waals surface area contributed by atoms with E-state index in [1.165, 1.54) is 0 Å². The third-order valence-electron chi connectivity index (χ3n) is 1.02. The molecule has 11 heavy (non-hydrogen) atoms. The van der Waals surface area contributed by atoms with E-state index in [1.807, 2.05) is 0 Å². The van der Waals surface area contributed by atoms with Crippen molar-refractivity contribution in [2.75, 3.05) is 0 Å². The van der Waals surface area contributed by atoms with Crippen LogP contribution in [0.4, 0.5) is 0 Å². The molecule has 0 aliphatic carbocycles. The number of carbonyl (C=O) groups is 1. The fourth-order valence-electron chi connectivity index (χ4n) is 0.525. The molecule has 1 atom stereocenters. The summed E-state index contributed by atoms with van der Waals surface area (Å²) in [4.78, 5) is 10.0. The zero-order valence-electron chi connectivity index (χ0n) is 6.12. The molecule has 0 aliphatic heterocycles. The van der Waals surface area contributed by atoms with Gasteiger partial charge < -0.3 is 10.8 Å². The first-order valence-electron chi connectivity index (χ1n) is 3.00. The molecule has 0 aromatic carbocycles. The van der Waals surface area contributed by atoms with E-state index in [0.29, 0.717) is 6.42 Å². The molecule has 0 aliphatic rings. The fourth-order valence-corrected chi connectivity index (χ4v) is 0.525. The van der Waals surface area contributed by atoms with E-state index in [1.54, 1.807) is 6.08 Å². The van der Waals surface area contributed by atoms with Gasteiger partial charge in [0.2, 0.25) is 0 Å². The van der Waals surface area contributed by atoms with Crippen molar-refractivity contribution in [1.82, 2.24) is 0 Å². The van der Waals surface area contributed by atoms with Gasteiger partial charge in [-0.3, -0.25) is 4.79 Å². The van der Waals surface area contributed by atoms with Crippen molar-refractivity contribution in [1.29, 1.82) is 0 Å².